The lowest BCUT2D eigenvalue weighted by molar-refractivity contribution is -0.110. The van der Waals surface area contributed by atoms with Crippen LogP contribution >= 0.6 is 0 Å². The number of fused-ring (bicyclic) bond motifs is 1. The second-order valence-corrected chi connectivity index (χ2v) is 5.28. The van der Waals surface area contributed by atoms with Gasteiger partial charge in [-0.25, -0.2) is 0 Å². The van der Waals surface area contributed by atoms with Gasteiger partial charge in [0.15, 0.2) is 5.78 Å². The standard InChI is InChI=1S/C16H19NO/c18-14-6-5-12-3-1-2-4-15(12)16(11-14)13-7-9-17-10-8-13/h1-2,4-6,11-13,17H,3,7-10H2. The molecule has 1 heterocycles. The Morgan fingerprint density at radius 1 is 1.17 bits per heavy atom. The number of nitrogens with one attached hydrogen (secondary N) is 1. The van der Waals surface area contributed by atoms with Crippen LogP contribution in [0, 0.1) is 11.8 Å². The number of carbonyl (C=O) groups is 1. The molecule has 0 spiro atoms. The molecule has 2 nitrogen and oxygen atoms in total. The molecule has 1 unspecified atom stereocenters. The van der Waals surface area contributed by atoms with Gasteiger partial charge in [-0.3, -0.25) is 4.79 Å². The Bertz CT molecular complexity index is 461. The quantitative estimate of drug-likeness (QED) is 0.764. The van der Waals surface area contributed by atoms with Crippen LogP contribution in [0.25, 0.3) is 0 Å². The van der Waals surface area contributed by atoms with Crippen LogP contribution in [0.1, 0.15) is 19.3 Å². The second-order valence-electron chi connectivity index (χ2n) is 5.28. The maximum atomic E-state index is 11.9. The summed E-state index contributed by atoms with van der Waals surface area (Å²) in [5, 5.41) is 3.39. The van der Waals surface area contributed by atoms with Gasteiger partial charge in [0.05, 0.1) is 0 Å². The van der Waals surface area contributed by atoms with Crippen LogP contribution in [0.2, 0.25) is 0 Å². The van der Waals surface area contributed by atoms with Crippen molar-refractivity contribution in [3.63, 3.8) is 0 Å². The molecule has 2 heteroatoms. The molecular formula is C16H19NO. The van der Waals surface area contributed by atoms with Gasteiger partial charge in [0, 0.05) is 5.92 Å². The minimum atomic E-state index is 0.152. The van der Waals surface area contributed by atoms with Gasteiger partial charge in [0.1, 0.15) is 0 Å². The highest BCUT2D eigenvalue weighted by Crippen LogP contribution is 2.36. The van der Waals surface area contributed by atoms with Crippen LogP contribution in [0.4, 0.5) is 0 Å². The Labute approximate surface area is 108 Å². The zero-order valence-electron chi connectivity index (χ0n) is 10.6. The van der Waals surface area contributed by atoms with Gasteiger partial charge >= 0.3 is 0 Å². The molecule has 94 valence electrons. The summed E-state index contributed by atoms with van der Waals surface area (Å²) in [5.74, 6) is 1.11. The fourth-order valence-electron chi connectivity index (χ4n) is 3.12. The molecule has 1 saturated heterocycles. The van der Waals surface area contributed by atoms with Crippen LogP contribution in [0.5, 0.6) is 0 Å². The summed E-state index contributed by atoms with van der Waals surface area (Å²) in [6.07, 6.45) is 15.5. The Morgan fingerprint density at radius 2 is 2.00 bits per heavy atom. The third-order valence-electron chi connectivity index (χ3n) is 4.10. The van der Waals surface area contributed by atoms with Crippen molar-refractivity contribution in [2.24, 2.45) is 11.8 Å². The van der Waals surface area contributed by atoms with Gasteiger partial charge in [-0.1, -0.05) is 24.3 Å². The van der Waals surface area contributed by atoms with Gasteiger partial charge in [-0.15, -0.1) is 0 Å². The van der Waals surface area contributed by atoms with E-state index in [9.17, 15) is 4.79 Å². The summed E-state index contributed by atoms with van der Waals surface area (Å²) in [5.41, 5.74) is 2.66. The van der Waals surface area contributed by atoms with Crippen molar-refractivity contribution in [2.75, 3.05) is 13.1 Å². The van der Waals surface area contributed by atoms with Crippen molar-refractivity contribution in [3.8, 4) is 0 Å². The number of allylic oxidation sites excluding steroid dienone is 8. The Kier molecular flexibility index (Phi) is 3.28. The number of ketones is 1. The number of rotatable bonds is 1. The summed E-state index contributed by atoms with van der Waals surface area (Å²) in [7, 11) is 0. The molecule has 0 aromatic carbocycles. The van der Waals surface area contributed by atoms with E-state index in [4.69, 9.17) is 0 Å². The lowest BCUT2D eigenvalue weighted by atomic mass is 9.78. The molecule has 3 rings (SSSR count). The van der Waals surface area contributed by atoms with Crippen LogP contribution in [0.15, 0.2) is 47.6 Å². The third kappa shape index (κ3) is 2.25. The van der Waals surface area contributed by atoms with Gasteiger partial charge in [-0.05, 0) is 61.6 Å². The van der Waals surface area contributed by atoms with Crippen molar-refractivity contribution < 1.29 is 4.79 Å². The molecule has 0 aromatic rings. The molecule has 1 N–H and O–H groups in total. The smallest absolute Gasteiger partial charge is 0.178 e. The average Bonchev–Trinajstić information content (AvgIpc) is 2.60. The topological polar surface area (TPSA) is 29.1 Å². The molecule has 1 fully saturated rings. The van der Waals surface area contributed by atoms with Crippen LogP contribution in [-0.4, -0.2) is 18.9 Å². The first-order chi connectivity index (χ1) is 8.84. The van der Waals surface area contributed by atoms with Crippen LogP contribution in [0.3, 0.4) is 0 Å². The van der Waals surface area contributed by atoms with Crippen LogP contribution in [-0.2, 0) is 4.79 Å². The number of hydrogen-bond acceptors (Lipinski definition) is 2. The number of carbonyl (C=O) groups excluding carboxylic acids is 1. The maximum absolute atomic E-state index is 11.9. The molecule has 1 aliphatic heterocycles. The summed E-state index contributed by atoms with van der Waals surface area (Å²) < 4.78 is 0. The fraction of sp³-hybridized carbons (Fsp3) is 0.438. The van der Waals surface area contributed by atoms with E-state index in [0.717, 1.165) is 32.4 Å². The molecule has 0 saturated carbocycles. The highest BCUT2D eigenvalue weighted by atomic mass is 16.1. The molecule has 0 amide bonds. The predicted molar refractivity (Wildman–Crippen MR) is 73.2 cm³/mol. The van der Waals surface area contributed by atoms with Gasteiger partial charge < -0.3 is 5.32 Å². The minimum absolute atomic E-state index is 0.152. The summed E-state index contributed by atoms with van der Waals surface area (Å²) >= 11 is 0. The van der Waals surface area contributed by atoms with Crippen molar-refractivity contribution in [1.29, 1.82) is 0 Å². The molecular weight excluding hydrogens is 222 g/mol. The van der Waals surface area contributed by atoms with E-state index in [-0.39, 0.29) is 5.78 Å². The lowest BCUT2D eigenvalue weighted by Gasteiger charge is -2.29. The van der Waals surface area contributed by atoms with E-state index in [2.05, 4.69) is 29.6 Å². The van der Waals surface area contributed by atoms with Crippen LogP contribution < -0.4 is 5.32 Å². The molecule has 0 radical (unpaired) electrons. The van der Waals surface area contributed by atoms with E-state index in [1.54, 1.807) is 6.08 Å². The zero-order valence-corrected chi connectivity index (χ0v) is 10.6. The molecule has 2 aliphatic carbocycles. The van der Waals surface area contributed by atoms with E-state index in [0.29, 0.717) is 11.8 Å². The van der Waals surface area contributed by atoms with Gasteiger partial charge in [0.25, 0.3) is 0 Å². The number of piperidine rings is 1. The predicted octanol–water partition coefficient (Wildman–Crippen LogP) is 2.55. The first kappa shape index (κ1) is 11.7. The summed E-state index contributed by atoms with van der Waals surface area (Å²) in [6, 6.07) is 0. The second kappa shape index (κ2) is 5.07. The SMILES string of the molecule is O=C1C=CC2CC=CC=C2C(C2CCNCC2)=C1. The van der Waals surface area contributed by atoms with Crippen molar-refractivity contribution >= 4 is 5.78 Å². The Balaban J connectivity index is 1.95. The van der Waals surface area contributed by atoms with E-state index in [1.807, 2.05) is 6.08 Å². The minimum Gasteiger partial charge on any atom is -0.317 e. The lowest BCUT2D eigenvalue weighted by Crippen LogP contribution is -2.29. The van der Waals surface area contributed by atoms with E-state index in [1.165, 1.54) is 11.1 Å². The molecule has 1 atom stereocenters. The third-order valence-corrected chi connectivity index (χ3v) is 4.10. The zero-order chi connectivity index (χ0) is 12.4. The fourth-order valence-corrected chi connectivity index (χ4v) is 3.12. The molecule has 0 bridgehead atoms. The van der Waals surface area contributed by atoms with E-state index < -0.39 is 0 Å². The number of hydrogen-bond donors (Lipinski definition) is 1. The highest BCUT2D eigenvalue weighted by Gasteiger charge is 2.26. The highest BCUT2D eigenvalue weighted by molar-refractivity contribution is 6.01. The maximum Gasteiger partial charge on any atom is 0.178 e. The first-order valence-electron chi connectivity index (χ1n) is 6.86. The first-order valence-corrected chi connectivity index (χ1v) is 6.86. The molecule has 0 aromatic heterocycles. The van der Waals surface area contributed by atoms with Crippen molar-refractivity contribution in [2.45, 2.75) is 19.3 Å². The van der Waals surface area contributed by atoms with Gasteiger partial charge in [-0.2, -0.15) is 0 Å². The van der Waals surface area contributed by atoms with E-state index >= 15 is 0 Å². The summed E-state index contributed by atoms with van der Waals surface area (Å²) in [4.78, 5) is 11.9. The average molecular weight is 241 g/mol. The molecule has 3 aliphatic rings. The van der Waals surface area contributed by atoms with Gasteiger partial charge in [0.2, 0.25) is 0 Å². The summed E-state index contributed by atoms with van der Waals surface area (Å²) in [6.45, 7) is 2.13. The Morgan fingerprint density at radius 3 is 2.83 bits per heavy atom. The normalized spacial score (nSPS) is 28.4. The monoisotopic (exact) mass is 241 g/mol. The molecule has 18 heavy (non-hydrogen) atoms. The van der Waals surface area contributed by atoms with Crippen molar-refractivity contribution in [3.05, 3.63) is 47.6 Å². The van der Waals surface area contributed by atoms with Crippen molar-refractivity contribution in [1.82, 2.24) is 5.32 Å². The largest absolute Gasteiger partial charge is 0.317 e. The Hall–Kier alpha value is -1.41.